The Morgan fingerprint density at radius 3 is 0.979 bits per heavy atom. The smallest absolute Gasteiger partial charge is 0.0314 e. The molecule has 0 aromatic heterocycles. The summed E-state index contributed by atoms with van der Waals surface area (Å²) in [7, 11) is 0. The molecule has 0 atom stereocenters. The summed E-state index contributed by atoms with van der Waals surface area (Å²) in [5, 5.41) is 0. The van der Waals surface area contributed by atoms with Crippen LogP contribution in [0.1, 0.15) is 150 Å². The molecule has 0 bridgehead atoms. The minimum Gasteiger partial charge on any atom is -0.399 e. The lowest BCUT2D eigenvalue weighted by Gasteiger charge is -2.32. The van der Waals surface area contributed by atoms with Gasteiger partial charge in [0.2, 0.25) is 0 Å². The van der Waals surface area contributed by atoms with Crippen LogP contribution in [0.2, 0.25) is 0 Å². The Labute approximate surface area is 287 Å². The van der Waals surface area contributed by atoms with Crippen molar-refractivity contribution in [2.45, 2.75) is 135 Å². The molecule has 0 heterocycles. The van der Waals surface area contributed by atoms with Gasteiger partial charge in [0, 0.05) is 16.8 Å². The van der Waals surface area contributed by atoms with Crippen molar-refractivity contribution in [2.75, 3.05) is 11.5 Å². The highest BCUT2D eigenvalue weighted by Gasteiger charge is 2.28. The van der Waals surface area contributed by atoms with Crippen LogP contribution in [0.3, 0.4) is 0 Å². The summed E-state index contributed by atoms with van der Waals surface area (Å²) in [5.41, 5.74) is 21.5. The van der Waals surface area contributed by atoms with Crippen molar-refractivity contribution < 1.29 is 0 Å². The third-order valence-electron chi connectivity index (χ3n) is 10.2. The molecule has 0 saturated carbocycles. The molecule has 0 saturated heterocycles. The molecule has 0 unspecified atom stereocenters. The number of nitrogens with two attached hydrogens (primary N) is 2. The van der Waals surface area contributed by atoms with E-state index in [1.165, 1.54) is 136 Å². The molecule has 0 spiro atoms. The first-order valence-corrected chi connectivity index (χ1v) is 18.8. The number of nitrogen functional groups attached to an aromatic ring is 2. The van der Waals surface area contributed by atoms with Crippen molar-refractivity contribution >= 4 is 11.4 Å². The van der Waals surface area contributed by atoms with E-state index in [2.05, 4.69) is 86.6 Å². The van der Waals surface area contributed by atoms with Gasteiger partial charge in [-0.1, -0.05) is 183 Å². The van der Waals surface area contributed by atoms with Crippen LogP contribution < -0.4 is 11.5 Å². The molecule has 0 aliphatic carbocycles. The van der Waals surface area contributed by atoms with E-state index < -0.39 is 0 Å². The molecule has 0 aliphatic heterocycles. The number of rotatable bonds is 22. The van der Waals surface area contributed by atoms with Crippen molar-refractivity contribution in [3.63, 3.8) is 0 Å². The summed E-state index contributed by atoms with van der Waals surface area (Å²) in [5.74, 6) is 0. The summed E-state index contributed by atoms with van der Waals surface area (Å²) < 4.78 is 0. The third-order valence-corrected chi connectivity index (χ3v) is 10.2. The summed E-state index contributed by atoms with van der Waals surface area (Å²) in [4.78, 5) is 0. The lowest BCUT2D eigenvalue weighted by Crippen LogP contribution is -2.24. The molecule has 0 radical (unpaired) electrons. The lowest BCUT2D eigenvalue weighted by molar-refractivity contribution is 0.468. The van der Waals surface area contributed by atoms with E-state index in [1.54, 1.807) is 0 Å². The van der Waals surface area contributed by atoms with Crippen molar-refractivity contribution in [3.8, 4) is 0 Å². The Bertz CT molecular complexity index is 1290. The number of hydrogen-bond donors (Lipinski definition) is 2. The van der Waals surface area contributed by atoms with Crippen molar-refractivity contribution in [1.29, 1.82) is 0 Å². The summed E-state index contributed by atoms with van der Waals surface area (Å²) in [6, 6.07) is 35.3. The highest BCUT2D eigenvalue weighted by Crippen LogP contribution is 2.38. The molecule has 0 fully saturated rings. The van der Waals surface area contributed by atoms with Crippen molar-refractivity contribution in [3.05, 3.63) is 130 Å². The van der Waals surface area contributed by atoms with Gasteiger partial charge in [-0.25, -0.2) is 0 Å². The Morgan fingerprint density at radius 1 is 0.383 bits per heavy atom. The van der Waals surface area contributed by atoms with Gasteiger partial charge in [-0.2, -0.15) is 0 Å². The van der Waals surface area contributed by atoms with Gasteiger partial charge >= 0.3 is 0 Å². The second kappa shape index (κ2) is 20.0. The SMILES string of the molecule is CCCCCCCCCCCCCCCCCC(C)(c1ccc(Cc2ccc(N)cc2)cc1)c1ccc(Cc2ccc(N)cc2)cc1. The van der Waals surface area contributed by atoms with Crippen LogP contribution in [0.15, 0.2) is 97.1 Å². The predicted octanol–water partition coefficient (Wildman–Crippen LogP) is 12.6. The van der Waals surface area contributed by atoms with E-state index in [0.717, 1.165) is 24.2 Å². The molecule has 2 nitrogen and oxygen atoms in total. The molecule has 4 aromatic carbocycles. The van der Waals surface area contributed by atoms with Gasteiger partial charge in [0.25, 0.3) is 0 Å². The monoisotopic (exact) mass is 630 g/mol. The molecule has 4 rings (SSSR count). The highest BCUT2D eigenvalue weighted by atomic mass is 14.5. The molecule has 0 amide bonds. The first-order valence-electron chi connectivity index (χ1n) is 18.8. The summed E-state index contributed by atoms with van der Waals surface area (Å²) in [6.45, 7) is 4.76. The fourth-order valence-electron chi connectivity index (χ4n) is 7.03. The minimum atomic E-state index is -0.0179. The lowest BCUT2D eigenvalue weighted by atomic mass is 9.72. The zero-order valence-electron chi connectivity index (χ0n) is 29.6. The first kappa shape index (κ1) is 36.3. The number of unbranched alkanes of at least 4 members (excludes halogenated alkanes) is 14. The van der Waals surface area contributed by atoms with Crippen LogP contribution in [-0.4, -0.2) is 0 Å². The van der Waals surface area contributed by atoms with E-state index >= 15 is 0 Å². The van der Waals surface area contributed by atoms with E-state index in [4.69, 9.17) is 11.5 Å². The minimum absolute atomic E-state index is 0.0179. The van der Waals surface area contributed by atoms with Gasteiger partial charge in [-0.3, -0.25) is 0 Å². The van der Waals surface area contributed by atoms with E-state index in [-0.39, 0.29) is 5.41 Å². The van der Waals surface area contributed by atoms with Crippen molar-refractivity contribution in [2.24, 2.45) is 0 Å². The Kier molecular flexibility index (Phi) is 15.4. The third kappa shape index (κ3) is 12.5. The maximum atomic E-state index is 5.91. The highest BCUT2D eigenvalue weighted by molar-refractivity contribution is 5.44. The van der Waals surface area contributed by atoms with Crippen LogP contribution in [0.25, 0.3) is 0 Å². The van der Waals surface area contributed by atoms with Gasteiger partial charge in [-0.15, -0.1) is 0 Å². The molecular weight excluding hydrogens is 569 g/mol. The van der Waals surface area contributed by atoms with Gasteiger partial charge in [0.15, 0.2) is 0 Å². The van der Waals surface area contributed by atoms with Crippen LogP contribution >= 0.6 is 0 Å². The fourth-order valence-corrected chi connectivity index (χ4v) is 7.03. The van der Waals surface area contributed by atoms with E-state index in [0.29, 0.717) is 0 Å². The average Bonchev–Trinajstić information content (AvgIpc) is 3.09. The molecule has 4 N–H and O–H groups in total. The van der Waals surface area contributed by atoms with Crippen LogP contribution in [0.5, 0.6) is 0 Å². The Balaban J connectivity index is 1.29. The maximum Gasteiger partial charge on any atom is 0.0314 e. The zero-order valence-corrected chi connectivity index (χ0v) is 29.6. The summed E-state index contributed by atoms with van der Waals surface area (Å²) >= 11 is 0. The largest absolute Gasteiger partial charge is 0.399 e. The average molecular weight is 631 g/mol. The number of benzene rings is 4. The second-order valence-electron chi connectivity index (χ2n) is 14.3. The van der Waals surface area contributed by atoms with E-state index in [9.17, 15) is 0 Å². The van der Waals surface area contributed by atoms with E-state index in [1.807, 2.05) is 24.3 Å². The van der Waals surface area contributed by atoms with Gasteiger partial charge < -0.3 is 11.5 Å². The standard InChI is InChI=1S/C45H62N2/c1-3-4-5-6-7-8-9-10-11-12-13-14-15-16-17-34-45(2,41-26-18-37(19-27-41)35-39-22-30-43(46)31-23-39)42-28-20-38(21-29-42)36-40-24-32-44(47)33-25-40/h18-33H,3-17,34-36,46-47H2,1-2H3. The quantitative estimate of drug-likeness (QED) is 0.0670. The second-order valence-corrected chi connectivity index (χ2v) is 14.3. The van der Waals surface area contributed by atoms with Crippen molar-refractivity contribution in [1.82, 2.24) is 0 Å². The molecular formula is C45H62N2. The normalized spacial score (nSPS) is 11.6. The zero-order chi connectivity index (χ0) is 33.2. The molecule has 2 heteroatoms. The van der Waals surface area contributed by atoms with Crippen LogP contribution in [0.4, 0.5) is 11.4 Å². The van der Waals surface area contributed by atoms with Gasteiger partial charge in [0.1, 0.15) is 0 Å². The number of anilines is 2. The maximum absolute atomic E-state index is 5.91. The Morgan fingerprint density at radius 2 is 0.660 bits per heavy atom. The molecule has 252 valence electrons. The fraction of sp³-hybridized carbons (Fsp3) is 0.467. The van der Waals surface area contributed by atoms with Gasteiger partial charge in [0.05, 0.1) is 0 Å². The topological polar surface area (TPSA) is 52.0 Å². The number of hydrogen-bond acceptors (Lipinski definition) is 2. The van der Waals surface area contributed by atoms with Crippen LogP contribution in [-0.2, 0) is 18.3 Å². The predicted molar refractivity (Wildman–Crippen MR) is 206 cm³/mol. The van der Waals surface area contributed by atoms with Crippen LogP contribution in [0, 0.1) is 0 Å². The Hall–Kier alpha value is -3.52. The van der Waals surface area contributed by atoms with Gasteiger partial charge in [-0.05, 0) is 76.9 Å². The summed E-state index contributed by atoms with van der Waals surface area (Å²) in [6.07, 6.45) is 24.0. The molecule has 4 aromatic rings. The molecule has 47 heavy (non-hydrogen) atoms. The molecule has 0 aliphatic rings. The first-order chi connectivity index (χ1) is 23.0.